The Bertz CT molecular complexity index is 1070. The zero-order valence-corrected chi connectivity index (χ0v) is 16.3. The maximum Gasteiger partial charge on any atom is 0.123 e. The second kappa shape index (κ2) is 7.95. The van der Waals surface area contributed by atoms with Crippen LogP contribution < -0.4 is 0 Å². The first-order chi connectivity index (χ1) is 13.6. The van der Waals surface area contributed by atoms with Crippen LogP contribution in [-0.2, 0) is 26.7 Å². The molecule has 0 N–H and O–H groups in total. The molecule has 2 heterocycles. The van der Waals surface area contributed by atoms with Crippen molar-refractivity contribution in [1.29, 1.82) is 0 Å². The number of halogens is 1. The van der Waals surface area contributed by atoms with Gasteiger partial charge in [0.2, 0.25) is 0 Å². The predicted molar refractivity (Wildman–Crippen MR) is 111 cm³/mol. The highest BCUT2D eigenvalue weighted by Crippen LogP contribution is 2.24. The summed E-state index contributed by atoms with van der Waals surface area (Å²) in [4.78, 5) is 6.51. The van der Waals surface area contributed by atoms with Gasteiger partial charge >= 0.3 is 0 Å². The summed E-state index contributed by atoms with van der Waals surface area (Å²) in [5.74, 6) is -0.195. The first kappa shape index (κ1) is 18.4. The quantitative estimate of drug-likeness (QED) is 0.462. The molecular weight excluding hydrogens is 349 g/mol. The number of aryl methyl sites for hydroxylation is 2. The van der Waals surface area contributed by atoms with Crippen molar-refractivity contribution in [3.05, 3.63) is 101 Å². The normalized spacial score (nSPS) is 11.4. The average Bonchev–Trinajstić information content (AvgIpc) is 2.99. The second-order valence-corrected chi connectivity index (χ2v) is 7.41. The number of nitrogens with zero attached hydrogens (tertiary/aromatic N) is 3. The van der Waals surface area contributed by atoms with Crippen LogP contribution in [0.5, 0.6) is 0 Å². The minimum absolute atomic E-state index is 0.195. The van der Waals surface area contributed by atoms with E-state index in [9.17, 15) is 4.39 Å². The topological polar surface area (TPSA) is 21.1 Å². The number of hydrogen-bond donors (Lipinski definition) is 0. The molecule has 0 saturated carbocycles. The summed E-state index contributed by atoms with van der Waals surface area (Å²) in [6, 6.07) is 17.8. The zero-order valence-electron chi connectivity index (χ0n) is 16.3. The number of benzene rings is 2. The number of hydrogen-bond acceptors (Lipinski definition) is 2. The van der Waals surface area contributed by atoms with E-state index in [-0.39, 0.29) is 5.82 Å². The van der Waals surface area contributed by atoms with E-state index in [1.54, 1.807) is 6.07 Å². The first-order valence-corrected chi connectivity index (χ1v) is 9.49. The molecule has 0 radical (unpaired) electrons. The van der Waals surface area contributed by atoms with Crippen molar-refractivity contribution in [1.82, 2.24) is 14.5 Å². The van der Waals surface area contributed by atoms with Gasteiger partial charge in [0.1, 0.15) is 5.82 Å². The summed E-state index contributed by atoms with van der Waals surface area (Å²) in [6.07, 6.45) is 5.76. The van der Waals surface area contributed by atoms with Crippen molar-refractivity contribution < 1.29 is 4.39 Å². The van der Waals surface area contributed by atoms with E-state index in [1.165, 1.54) is 22.8 Å². The van der Waals surface area contributed by atoms with Gasteiger partial charge in [-0.3, -0.25) is 9.88 Å². The van der Waals surface area contributed by atoms with Crippen LogP contribution in [0, 0.1) is 12.7 Å². The molecule has 142 valence electrons. The monoisotopic (exact) mass is 373 g/mol. The van der Waals surface area contributed by atoms with Crippen LogP contribution in [0.1, 0.15) is 22.3 Å². The Morgan fingerprint density at radius 1 is 0.893 bits per heavy atom. The van der Waals surface area contributed by atoms with E-state index in [1.807, 2.05) is 37.6 Å². The SMILES string of the molecule is Cc1ccc(CN(Cc2ccncc2)Cc2cn(C)c3ccc(F)cc23)cc1. The molecule has 0 bridgehead atoms. The van der Waals surface area contributed by atoms with Crippen molar-refractivity contribution in [2.24, 2.45) is 7.05 Å². The highest BCUT2D eigenvalue weighted by atomic mass is 19.1. The third kappa shape index (κ3) is 4.12. The molecule has 2 aromatic carbocycles. The fourth-order valence-corrected chi connectivity index (χ4v) is 3.68. The maximum atomic E-state index is 13.9. The lowest BCUT2D eigenvalue weighted by Gasteiger charge is -2.22. The lowest BCUT2D eigenvalue weighted by Crippen LogP contribution is -2.22. The van der Waals surface area contributed by atoms with Crippen LogP contribution >= 0.6 is 0 Å². The average molecular weight is 373 g/mol. The number of rotatable bonds is 6. The van der Waals surface area contributed by atoms with Crippen molar-refractivity contribution >= 4 is 10.9 Å². The standard InChI is InChI=1S/C24H24FN3/c1-18-3-5-19(6-4-18)14-28(15-20-9-11-26-12-10-20)17-21-16-27(2)24-8-7-22(25)13-23(21)24/h3-13,16H,14-15,17H2,1-2H3. The van der Waals surface area contributed by atoms with Gasteiger partial charge in [-0.15, -0.1) is 0 Å². The molecule has 0 saturated heterocycles. The van der Waals surface area contributed by atoms with Crippen LogP contribution in [0.15, 0.2) is 73.2 Å². The Morgan fingerprint density at radius 3 is 2.29 bits per heavy atom. The van der Waals surface area contributed by atoms with Crippen molar-refractivity contribution in [3.8, 4) is 0 Å². The van der Waals surface area contributed by atoms with Gasteiger partial charge in [0, 0.05) is 56.2 Å². The summed E-state index contributed by atoms with van der Waals surface area (Å²) in [5.41, 5.74) is 5.93. The van der Waals surface area contributed by atoms with Gasteiger partial charge < -0.3 is 4.57 Å². The molecule has 3 nitrogen and oxygen atoms in total. The van der Waals surface area contributed by atoms with E-state index < -0.39 is 0 Å². The van der Waals surface area contributed by atoms with Gasteiger partial charge in [-0.1, -0.05) is 29.8 Å². The fraction of sp³-hybridized carbons (Fsp3) is 0.208. The largest absolute Gasteiger partial charge is 0.350 e. The van der Waals surface area contributed by atoms with Crippen molar-refractivity contribution in [2.45, 2.75) is 26.6 Å². The third-order valence-electron chi connectivity index (χ3n) is 5.11. The van der Waals surface area contributed by atoms with Gasteiger partial charge in [-0.05, 0) is 53.9 Å². The summed E-state index contributed by atoms with van der Waals surface area (Å²) < 4.78 is 15.9. The lowest BCUT2D eigenvalue weighted by atomic mass is 10.1. The van der Waals surface area contributed by atoms with Crippen molar-refractivity contribution in [2.75, 3.05) is 0 Å². The van der Waals surface area contributed by atoms with E-state index >= 15 is 0 Å². The van der Waals surface area contributed by atoms with Gasteiger partial charge in [-0.25, -0.2) is 4.39 Å². The highest BCUT2D eigenvalue weighted by Gasteiger charge is 2.13. The van der Waals surface area contributed by atoms with Gasteiger partial charge in [0.05, 0.1) is 0 Å². The summed E-state index contributed by atoms with van der Waals surface area (Å²) in [6.45, 7) is 4.48. The number of aromatic nitrogens is 2. The molecule has 0 aliphatic carbocycles. The Kier molecular flexibility index (Phi) is 5.22. The Morgan fingerprint density at radius 2 is 1.57 bits per heavy atom. The zero-order chi connectivity index (χ0) is 19.5. The third-order valence-corrected chi connectivity index (χ3v) is 5.11. The van der Waals surface area contributed by atoms with Crippen molar-refractivity contribution in [3.63, 3.8) is 0 Å². The van der Waals surface area contributed by atoms with E-state index in [0.29, 0.717) is 0 Å². The van der Waals surface area contributed by atoms with E-state index in [2.05, 4.69) is 51.8 Å². The molecule has 0 unspecified atom stereocenters. The molecule has 4 rings (SSSR count). The predicted octanol–water partition coefficient (Wildman–Crippen LogP) is 5.22. The molecule has 0 amide bonds. The Balaban J connectivity index is 1.65. The molecule has 28 heavy (non-hydrogen) atoms. The molecule has 2 aromatic heterocycles. The first-order valence-electron chi connectivity index (χ1n) is 9.49. The maximum absolute atomic E-state index is 13.9. The van der Waals surface area contributed by atoms with Gasteiger partial charge in [0.25, 0.3) is 0 Å². The highest BCUT2D eigenvalue weighted by molar-refractivity contribution is 5.84. The van der Waals surface area contributed by atoms with Gasteiger partial charge in [0.15, 0.2) is 0 Å². The van der Waals surface area contributed by atoms with E-state index in [0.717, 1.165) is 36.1 Å². The molecule has 4 heteroatoms. The molecule has 0 aliphatic heterocycles. The van der Waals surface area contributed by atoms with Crippen LogP contribution in [0.25, 0.3) is 10.9 Å². The van der Waals surface area contributed by atoms with Crippen LogP contribution in [-0.4, -0.2) is 14.5 Å². The minimum Gasteiger partial charge on any atom is -0.350 e. The summed E-state index contributed by atoms with van der Waals surface area (Å²) >= 11 is 0. The molecule has 0 fully saturated rings. The lowest BCUT2D eigenvalue weighted by molar-refractivity contribution is 0.248. The number of fused-ring (bicyclic) bond motifs is 1. The molecule has 0 spiro atoms. The Labute approximate surface area is 165 Å². The molecular formula is C24H24FN3. The van der Waals surface area contributed by atoms with E-state index in [4.69, 9.17) is 0 Å². The summed E-state index contributed by atoms with van der Waals surface area (Å²) in [5, 5.41) is 0.978. The molecule has 4 aromatic rings. The Hall–Kier alpha value is -2.98. The van der Waals surface area contributed by atoms with Crippen LogP contribution in [0.4, 0.5) is 4.39 Å². The minimum atomic E-state index is -0.195. The molecule has 0 atom stereocenters. The smallest absolute Gasteiger partial charge is 0.123 e. The number of pyridine rings is 1. The fourth-order valence-electron chi connectivity index (χ4n) is 3.68. The van der Waals surface area contributed by atoms with Gasteiger partial charge in [-0.2, -0.15) is 0 Å². The molecule has 0 aliphatic rings. The van der Waals surface area contributed by atoms with Crippen LogP contribution in [0.2, 0.25) is 0 Å². The summed E-state index contributed by atoms with van der Waals surface area (Å²) in [7, 11) is 2.01. The second-order valence-electron chi connectivity index (χ2n) is 7.41. The van der Waals surface area contributed by atoms with Crippen LogP contribution in [0.3, 0.4) is 0 Å².